The van der Waals surface area contributed by atoms with Crippen LogP contribution >= 0.6 is 11.6 Å². The number of benzene rings is 2. The van der Waals surface area contributed by atoms with Crippen molar-refractivity contribution < 1.29 is 28.5 Å². The Hall–Kier alpha value is -3.12. The number of hydrogen-bond donors (Lipinski definition) is 0. The van der Waals surface area contributed by atoms with E-state index in [1.165, 1.54) is 0 Å². The number of ether oxygens (including phenoxy) is 5. The molecule has 2 aromatic heterocycles. The van der Waals surface area contributed by atoms with E-state index < -0.39 is 14.2 Å². The molecule has 4 aromatic rings. The van der Waals surface area contributed by atoms with E-state index in [1.54, 1.807) is 0 Å². The standard InChI is InChI=1S/C32H36ClN3O6Si/c1-43(2,3)16-15-38-20-36-25-17-24(33)28(23-11-9-22(10-12-23)21-7-5-4-6-8-21)34-31(25)35-32(36)42-27-19-41-29-26(39-14-13-37)18-40-30(27)29/h4-13,17,26-27,29-30H,14-16,18-20H2,1-3H3/t26-,27-,29-,30-/m1/s1. The van der Waals surface area contributed by atoms with Gasteiger partial charge in [-0.15, -0.1) is 0 Å². The van der Waals surface area contributed by atoms with Gasteiger partial charge in [0, 0.05) is 20.2 Å². The molecule has 4 heterocycles. The minimum Gasteiger partial charge on any atom is -0.456 e. The summed E-state index contributed by atoms with van der Waals surface area (Å²) < 4.78 is 31.9. The van der Waals surface area contributed by atoms with E-state index in [1.807, 2.05) is 41.0 Å². The van der Waals surface area contributed by atoms with Gasteiger partial charge in [-0.3, -0.25) is 4.57 Å². The maximum atomic E-state index is 10.8. The molecule has 0 amide bonds. The molecule has 0 spiro atoms. The highest BCUT2D eigenvalue weighted by atomic mass is 35.5. The molecule has 226 valence electrons. The molecule has 4 atom stereocenters. The summed E-state index contributed by atoms with van der Waals surface area (Å²) in [4.78, 5) is 20.5. The van der Waals surface area contributed by atoms with Crippen LogP contribution in [0.2, 0.25) is 30.7 Å². The number of rotatable bonds is 12. The molecule has 0 bridgehead atoms. The average Bonchev–Trinajstić information content (AvgIpc) is 3.68. The monoisotopic (exact) mass is 621 g/mol. The Morgan fingerprint density at radius 2 is 1.63 bits per heavy atom. The van der Waals surface area contributed by atoms with Gasteiger partial charge in [-0.25, -0.2) is 4.98 Å². The minimum atomic E-state index is -1.27. The molecule has 2 aliphatic heterocycles. The Balaban J connectivity index is 1.28. The molecule has 6 rings (SSSR count). The SMILES string of the molecule is C[Si](C)(C)CCOCn1c(O[C@@H]2CO[C@H]3[C@@H]2OC[C@H]3OCC=O)nc2nc(-c3ccc(-c4ccccc4)cc3)c(Cl)cc21. The van der Waals surface area contributed by atoms with Crippen molar-refractivity contribution in [1.29, 1.82) is 0 Å². The van der Waals surface area contributed by atoms with Gasteiger partial charge in [-0.05, 0) is 23.2 Å². The molecular weight excluding hydrogens is 586 g/mol. The van der Waals surface area contributed by atoms with Gasteiger partial charge in [0.25, 0.3) is 0 Å². The molecule has 11 heteroatoms. The zero-order valence-electron chi connectivity index (χ0n) is 24.6. The smallest absolute Gasteiger partial charge is 0.301 e. The number of nitrogens with zero attached hydrogens (tertiary/aromatic N) is 3. The van der Waals surface area contributed by atoms with Crippen LogP contribution in [-0.4, -0.2) is 79.7 Å². The first kappa shape index (κ1) is 29.9. The number of carbonyl (C=O) groups is 1. The lowest BCUT2D eigenvalue weighted by Crippen LogP contribution is -2.36. The lowest BCUT2D eigenvalue weighted by Gasteiger charge is -2.19. The lowest BCUT2D eigenvalue weighted by atomic mass is 10.0. The normalized spacial score (nSPS) is 21.8. The lowest BCUT2D eigenvalue weighted by molar-refractivity contribution is -0.116. The fraction of sp³-hybridized carbons (Fsp3) is 0.406. The maximum Gasteiger partial charge on any atom is 0.301 e. The predicted octanol–water partition coefficient (Wildman–Crippen LogP) is 5.86. The van der Waals surface area contributed by atoms with Crippen LogP contribution in [0.3, 0.4) is 0 Å². The van der Waals surface area contributed by atoms with Gasteiger partial charge in [0.15, 0.2) is 11.8 Å². The number of hydrogen-bond acceptors (Lipinski definition) is 8. The largest absolute Gasteiger partial charge is 0.456 e. The van der Waals surface area contributed by atoms with Crippen LogP contribution in [0.25, 0.3) is 33.5 Å². The van der Waals surface area contributed by atoms with Crippen LogP contribution in [0.15, 0.2) is 60.7 Å². The number of imidazole rings is 1. The van der Waals surface area contributed by atoms with Crippen LogP contribution in [0.1, 0.15) is 0 Å². The average molecular weight is 622 g/mol. The third-order valence-corrected chi connectivity index (χ3v) is 9.73. The molecule has 2 aliphatic rings. The topological polar surface area (TPSA) is 93.9 Å². The van der Waals surface area contributed by atoms with Gasteiger partial charge in [0.05, 0.1) is 29.4 Å². The summed E-state index contributed by atoms with van der Waals surface area (Å²) in [6.45, 7) is 8.48. The Kier molecular flexibility index (Phi) is 8.94. The van der Waals surface area contributed by atoms with E-state index in [2.05, 4.69) is 43.9 Å². The van der Waals surface area contributed by atoms with Crippen LogP contribution in [0.5, 0.6) is 6.01 Å². The summed E-state index contributed by atoms with van der Waals surface area (Å²) in [7, 11) is -1.27. The van der Waals surface area contributed by atoms with Crippen molar-refractivity contribution >= 4 is 37.1 Å². The highest BCUT2D eigenvalue weighted by molar-refractivity contribution is 6.76. The van der Waals surface area contributed by atoms with Crippen LogP contribution in [0, 0.1) is 0 Å². The molecule has 2 fully saturated rings. The Morgan fingerprint density at radius 3 is 2.35 bits per heavy atom. The van der Waals surface area contributed by atoms with Gasteiger partial charge in [-0.2, -0.15) is 4.98 Å². The van der Waals surface area contributed by atoms with Crippen LogP contribution in [0.4, 0.5) is 0 Å². The molecule has 2 aromatic carbocycles. The summed E-state index contributed by atoms with van der Waals surface area (Å²) in [6.07, 6.45) is -0.649. The molecule has 0 N–H and O–H groups in total. The molecule has 0 aliphatic carbocycles. The van der Waals surface area contributed by atoms with E-state index in [9.17, 15) is 4.79 Å². The predicted molar refractivity (Wildman–Crippen MR) is 167 cm³/mol. The molecular formula is C32H36ClN3O6Si. The Bertz CT molecular complexity index is 1560. The van der Waals surface area contributed by atoms with Gasteiger partial charge in [0.1, 0.15) is 37.9 Å². The number of fused-ring (bicyclic) bond motifs is 2. The van der Waals surface area contributed by atoms with Crippen molar-refractivity contribution in [3.05, 3.63) is 65.7 Å². The van der Waals surface area contributed by atoms with E-state index in [0.717, 1.165) is 29.0 Å². The molecule has 0 saturated carbocycles. The second-order valence-electron chi connectivity index (χ2n) is 12.1. The quantitative estimate of drug-likeness (QED) is 0.110. The summed E-state index contributed by atoms with van der Waals surface area (Å²) in [5.74, 6) is 0. The van der Waals surface area contributed by atoms with Crippen molar-refractivity contribution in [3.63, 3.8) is 0 Å². The summed E-state index contributed by atoms with van der Waals surface area (Å²) in [5.41, 5.74) is 5.01. The van der Waals surface area contributed by atoms with Crippen LogP contribution < -0.4 is 4.74 Å². The second-order valence-corrected chi connectivity index (χ2v) is 18.1. The zero-order chi connectivity index (χ0) is 30.0. The highest BCUT2D eigenvalue weighted by Gasteiger charge is 2.50. The van der Waals surface area contributed by atoms with E-state index >= 15 is 0 Å². The molecule has 43 heavy (non-hydrogen) atoms. The molecule has 0 unspecified atom stereocenters. The molecule has 2 saturated heterocycles. The summed E-state index contributed by atoms with van der Waals surface area (Å²) in [5, 5.41) is 0.508. The van der Waals surface area contributed by atoms with Gasteiger partial charge in [0.2, 0.25) is 0 Å². The first-order valence-electron chi connectivity index (χ1n) is 14.6. The van der Waals surface area contributed by atoms with Crippen molar-refractivity contribution in [2.75, 3.05) is 26.4 Å². The van der Waals surface area contributed by atoms with E-state index in [-0.39, 0.29) is 31.6 Å². The number of pyridine rings is 1. The fourth-order valence-corrected chi connectivity index (χ4v) is 6.39. The molecule has 9 nitrogen and oxygen atoms in total. The second kappa shape index (κ2) is 12.9. The number of aldehydes is 1. The Labute approximate surface area is 257 Å². The van der Waals surface area contributed by atoms with Crippen molar-refractivity contribution in [2.45, 2.75) is 56.8 Å². The number of halogens is 1. The third-order valence-electron chi connectivity index (χ3n) is 7.74. The zero-order valence-corrected chi connectivity index (χ0v) is 26.3. The van der Waals surface area contributed by atoms with E-state index in [4.69, 9.17) is 45.3 Å². The number of carbonyl (C=O) groups excluding carboxylic acids is 1. The van der Waals surface area contributed by atoms with Crippen molar-refractivity contribution in [1.82, 2.24) is 14.5 Å². The van der Waals surface area contributed by atoms with Crippen molar-refractivity contribution in [3.8, 4) is 28.4 Å². The third kappa shape index (κ3) is 6.69. The first-order valence-corrected chi connectivity index (χ1v) is 18.6. The Morgan fingerprint density at radius 1 is 0.953 bits per heavy atom. The van der Waals surface area contributed by atoms with Gasteiger partial charge >= 0.3 is 6.01 Å². The first-order chi connectivity index (χ1) is 20.8. The highest BCUT2D eigenvalue weighted by Crippen LogP contribution is 2.35. The van der Waals surface area contributed by atoms with Gasteiger partial charge < -0.3 is 28.5 Å². The fourth-order valence-electron chi connectivity index (χ4n) is 5.38. The van der Waals surface area contributed by atoms with Gasteiger partial charge in [-0.1, -0.05) is 85.8 Å². The minimum absolute atomic E-state index is 0.000429. The number of aromatic nitrogens is 3. The van der Waals surface area contributed by atoms with Crippen molar-refractivity contribution in [2.24, 2.45) is 0 Å². The maximum absolute atomic E-state index is 10.8. The molecule has 0 radical (unpaired) electrons. The van der Waals surface area contributed by atoms with Crippen LogP contribution in [-0.2, 0) is 30.5 Å². The summed E-state index contributed by atoms with van der Waals surface area (Å²) in [6, 6.07) is 21.7. The summed E-state index contributed by atoms with van der Waals surface area (Å²) >= 11 is 6.84. The van der Waals surface area contributed by atoms with E-state index in [0.29, 0.717) is 47.7 Å².